The second kappa shape index (κ2) is 6.02. The van der Waals surface area contributed by atoms with Crippen molar-refractivity contribution in [3.63, 3.8) is 0 Å². The van der Waals surface area contributed by atoms with E-state index in [1.165, 1.54) is 0 Å². The Bertz CT molecular complexity index is 264. The van der Waals surface area contributed by atoms with E-state index in [4.69, 9.17) is 5.73 Å². The number of nitrogens with two attached hydrogens (primary N) is 1. The van der Waals surface area contributed by atoms with Crippen molar-refractivity contribution in [3.8, 4) is 0 Å². The van der Waals surface area contributed by atoms with Crippen molar-refractivity contribution in [2.45, 2.75) is 64.1 Å². The van der Waals surface area contributed by atoms with Gasteiger partial charge in [0.25, 0.3) is 0 Å². The van der Waals surface area contributed by atoms with Gasteiger partial charge in [0, 0.05) is 29.5 Å². The molecule has 1 rings (SSSR count). The van der Waals surface area contributed by atoms with Gasteiger partial charge in [-0.1, -0.05) is 0 Å². The van der Waals surface area contributed by atoms with Gasteiger partial charge in [0.05, 0.1) is 0 Å². The van der Waals surface area contributed by atoms with E-state index in [0.717, 1.165) is 12.8 Å². The van der Waals surface area contributed by atoms with Crippen molar-refractivity contribution < 1.29 is 39.5 Å². The zero-order valence-corrected chi connectivity index (χ0v) is 13.7. The first-order valence-electron chi connectivity index (χ1n) is 5.86. The van der Waals surface area contributed by atoms with E-state index >= 15 is 0 Å². The van der Waals surface area contributed by atoms with Gasteiger partial charge in [-0.3, -0.25) is 0 Å². The van der Waals surface area contributed by atoms with Crippen LogP contribution in [0, 0.1) is 5.92 Å². The number of carboxylic acids is 1. The van der Waals surface area contributed by atoms with Gasteiger partial charge in [-0.2, -0.15) is 0 Å². The molecule has 5 heteroatoms. The SMILES string of the molecule is CC1(C)CC(C(N)CC(=O)[O-])CC(C)(C)N1.[Na+]. The number of carboxylic acid groups (broad SMARTS) is 1. The summed E-state index contributed by atoms with van der Waals surface area (Å²) in [5.41, 5.74) is 5.96. The largest absolute Gasteiger partial charge is 1.00 e. The van der Waals surface area contributed by atoms with Crippen molar-refractivity contribution >= 4 is 5.97 Å². The molecule has 1 aliphatic rings. The summed E-state index contributed by atoms with van der Waals surface area (Å²) in [4.78, 5) is 10.6. The molecule has 94 valence electrons. The summed E-state index contributed by atoms with van der Waals surface area (Å²) in [6.07, 6.45) is 1.77. The molecule has 1 atom stereocenters. The summed E-state index contributed by atoms with van der Waals surface area (Å²) in [5, 5.41) is 14.1. The van der Waals surface area contributed by atoms with Crippen molar-refractivity contribution in [2.75, 3.05) is 0 Å². The minimum Gasteiger partial charge on any atom is -0.550 e. The molecule has 17 heavy (non-hydrogen) atoms. The van der Waals surface area contributed by atoms with Crippen molar-refractivity contribution in [2.24, 2.45) is 11.7 Å². The van der Waals surface area contributed by atoms with Crippen LogP contribution in [-0.4, -0.2) is 23.1 Å². The molecule has 1 fully saturated rings. The Labute approximate surface area is 126 Å². The second-order valence-electron chi connectivity index (χ2n) is 6.30. The van der Waals surface area contributed by atoms with E-state index < -0.39 is 5.97 Å². The van der Waals surface area contributed by atoms with Crippen molar-refractivity contribution in [3.05, 3.63) is 0 Å². The fourth-order valence-electron chi connectivity index (χ4n) is 3.06. The van der Waals surface area contributed by atoms with E-state index in [9.17, 15) is 9.90 Å². The number of hydrogen-bond acceptors (Lipinski definition) is 4. The number of carbonyl (C=O) groups excluding carboxylic acids is 1. The minimum atomic E-state index is -1.05. The third-order valence-electron chi connectivity index (χ3n) is 3.23. The average Bonchev–Trinajstić information content (AvgIpc) is 1.96. The zero-order valence-electron chi connectivity index (χ0n) is 11.7. The summed E-state index contributed by atoms with van der Waals surface area (Å²) in [6.45, 7) is 8.53. The first-order valence-corrected chi connectivity index (χ1v) is 5.86. The Morgan fingerprint density at radius 1 is 1.35 bits per heavy atom. The number of nitrogens with one attached hydrogen (secondary N) is 1. The van der Waals surface area contributed by atoms with Crippen LogP contribution in [0.15, 0.2) is 0 Å². The Kier molecular flexibility index (Phi) is 6.16. The van der Waals surface area contributed by atoms with Crippen LogP contribution in [0.25, 0.3) is 0 Å². The van der Waals surface area contributed by atoms with Gasteiger partial charge in [-0.05, 0) is 46.5 Å². The van der Waals surface area contributed by atoms with Gasteiger partial charge in [-0.25, -0.2) is 0 Å². The number of aliphatic carboxylic acids is 1. The molecule has 0 spiro atoms. The van der Waals surface area contributed by atoms with Crippen LogP contribution in [0.4, 0.5) is 0 Å². The Balaban J connectivity index is 0.00000256. The number of rotatable bonds is 3. The maximum absolute atomic E-state index is 10.6. The predicted octanol–water partition coefficient (Wildman–Crippen LogP) is -2.99. The fraction of sp³-hybridized carbons (Fsp3) is 0.917. The van der Waals surface area contributed by atoms with Crippen molar-refractivity contribution in [1.29, 1.82) is 0 Å². The van der Waals surface area contributed by atoms with Crippen molar-refractivity contribution in [1.82, 2.24) is 5.32 Å². The Hall–Kier alpha value is 0.390. The number of hydrogen-bond donors (Lipinski definition) is 2. The van der Waals surface area contributed by atoms with Gasteiger partial charge in [-0.15, -0.1) is 0 Å². The van der Waals surface area contributed by atoms with Crippen LogP contribution >= 0.6 is 0 Å². The number of piperidine rings is 1. The van der Waals surface area contributed by atoms with Crippen LogP contribution in [0.3, 0.4) is 0 Å². The molecule has 3 N–H and O–H groups in total. The van der Waals surface area contributed by atoms with Crippen LogP contribution in [0.1, 0.15) is 47.0 Å². The maximum atomic E-state index is 10.6. The van der Waals surface area contributed by atoms with E-state index in [0.29, 0.717) is 0 Å². The van der Waals surface area contributed by atoms with Gasteiger partial charge >= 0.3 is 29.6 Å². The molecule has 1 aliphatic heterocycles. The van der Waals surface area contributed by atoms with Gasteiger partial charge < -0.3 is 21.0 Å². The molecule has 1 heterocycles. The third kappa shape index (κ3) is 5.71. The Morgan fingerprint density at radius 3 is 2.12 bits per heavy atom. The molecule has 0 bridgehead atoms. The summed E-state index contributed by atoms with van der Waals surface area (Å²) < 4.78 is 0. The molecule has 0 saturated carbocycles. The van der Waals surface area contributed by atoms with E-state index in [1.54, 1.807) is 0 Å². The second-order valence-corrected chi connectivity index (χ2v) is 6.30. The molecule has 0 aromatic rings. The first kappa shape index (κ1) is 17.4. The van der Waals surface area contributed by atoms with Gasteiger partial charge in [0.2, 0.25) is 0 Å². The van der Waals surface area contributed by atoms with Crippen LogP contribution in [0.2, 0.25) is 0 Å². The standard InChI is InChI=1S/C12H24N2O2.Na/c1-11(2)6-8(7-12(3,4)14-11)9(13)5-10(15)16;/h8-9,14H,5-7,13H2,1-4H3,(H,15,16);/q;+1/p-1. The molecule has 0 aromatic carbocycles. The van der Waals surface area contributed by atoms with Gasteiger partial charge in [0.15, 0.2) is 0 Å². The molecule has 1 unspecified atom stereocenters. The normalized spacial score (nSPS) is 24.8. The number of carbonyl (C=O) groups is 1. The van der Waals surface area contributed by atoms with E-state index in [2.05, 4.69) is 33.0 Å². The van der Waals surface area contributed by atoms with E-state index in [-0.39, 0.29) is 59.0 Å². The topological polar surface area (TPSA) is 78.2 Å². The van der Waals surface area contributed by atoms with Gasteiger partial charge in [0.1, 0.15) is 0 Å². The first-order chi connectivity index (χ1) is 7.11. The zero-order chi connectivity index (χ0) is 12.6. The smallest absolute Gasteiger partial charge is 0.550 e. The van der Waals surface area contributed by atoms with Crippen LogP contribution in [-0.2, 0) is 4.79 Å². The Morgan fingerprint density at radius 2 is 1.76 bits per heavy atom. The molecule has 1 saturated heterocycles. The molecular weight excluding hydrogens is 227 g/mol. The van der Waals surface area contributed by atoms with Crippen LogP contribution < -0.4 is 45.7 Å². The predicted molar refractivity (Wildman–Crippen MR) is 61.6 cm³/mol. The maximum Gasteiger partial charge on any atom is 1.00 e. The monoisotopic (exact) mass is 250 g/mol. The quantitative estimate of drug-likeness (QED) is 0.524. The molecule has 0 aromatic heterocycles. The van der Waals surface area contributed by atoms with E-state index in [1.807, 2.05) is 0 Å². The fourth-order valence-corrected chi connectivity index (χ4v) is 3.06. The summed E-state index contributed by atoms with van der Waals surface area (Å²) in [7, 11) is 0. The minimum absolute atomic E-state index is 0. The van der Waals surface area contributed by atoms with Crippen LogP contribution in [0.5, 0.6) is 0 Å². The summed E-state index contributed by atoms with van der Waals surface area (Å²) in [5.74, 6) is -0.814. The molecule has 0 amide bonds. The summed E-state index contributed by atoms with van der Waals surface area (Å²) in [6, 6.07) is -0.300. The molecule has 4 nitrogen and oxygen atoms in total. The average molecular weight is 250 g/mol. The molecular formula is C12H23N2NaO2. The third-order valence-corrected chi connectivity index (χ3v) is 3.23. The summed E-state index contributed by atoms with van der Waals surface area (Å²) >= 11 is 0. The molecule has 0 aliphatic carbocycles. The molecule has 0 radical (unpaired) electrons.